The van der Waals surface area contributed by atoms with Crippen molar-refractivity contribution in [2.75, 3.05) is 31.1 Å². The van der Waals surface area contributed by atoms with Crippen molar-refractivity contribution in [2.45, 2.75) is 31.2 Å². The average molecular weight is 271 g/mol. The predicted molar refractivity (Wildman–Crippen MR) is 69.6 cm³/mol. The summed E-state index contributed by atoms with van der Waals surface area (Å²) in [5, 5.41) is 9.13. The Morgan fingerprint density at radius 2 is 2.06 bits per heavy atom. The van der Waals surface area contributed by atoms with Crippen molar-refractivity contribution in [1.29, 1.82) is 5.26 Å². The molecule has 2 aliphatic rings. The molecular weight excluding hydrogens is 250 g/mol. The second kappa shape index (κ2) is 5.16. The van der Waals surface area contributed by atoms with Gasteiger partial charge in [0, 0.05) is 13.1 Å². The van der Waals surface area contributed by atoms with Crippen LogP contribution in [0.2, 0.25) is 0 Å². The molecule has 2 fully saturated rings. The molecule has 2 rings (SSSR count). The van der Waals surface area contributed by atoms with E-state index in [1.807, 2.05) is 0 Å². The van der Waals surface area contributed by atoms with Crippen LogP contribution in [-0.4, -0.2) is 50.0 Å². The maximum atomic E-state index is 11.3. The Bertz CT molecular complexity index is 429. The van der Waals surface area contributed by atoms with Crippen LogP contribution in [0, 0.1) is 17.2 Å². The molecule has 1 saturated carbocycles. The van der Waals surface area contributed by atoms with Crippen LogP contribution in [0.5, 0.6) is 0 Å². The molecule has 1 aliphatic heterocycles. The normalized spacial score (nSPS) is 36.3. The number of rotatable bonds is 3. The minimum absolute atomic E-state index is 0.265. The lowest BCUT2D eigenvalue weighted by molar-refractivity contribution is 0.251. The summed E-state index contributed by atoms with van der Waals surface area (Å²) in [5.41, 5.74) is 5.43. The molecule has 102 valence electrons. The van der Waals surface area contributed by atoms with Crippen molar-refractivity contribution >= 4 is 9.84 Å². The van der Waals surface area contributed by atoms with E-state index in [0.29, 0.717) is 13.1 Å². The highest BCUT2D eigenvalue weighted by Gasteiger charge is 2.39. The van der Waals surface area contributed by atoms with Crippen molar-refractivity contribution in [3.63, 3.8) is 0 Å². The number of sulfone groups is 1. The lowest BCUT2D eigenvalue weighted by Gasteiger charge is -2.30. The molecule has 6 heteroatoms. The maximum Gasteiger partial charge on any atom is 0.152 e. The summed E-state index contributed by atoms with van der Waals surface area (Å²) < 4.78 is 22.6. The van der Waals surface area contributed by atoms with Crippen molar-refractivity contribution in [3.8, 4) is 6.07 Å². The minimum Gasteiger partial charge on any atom is -0.313 e. The van der Waals surface area contributed by atoms with Crippen LogP contribution in [0.25, 0.3) is 0 Å². The second-order valence-electron chi connectivity index (χ2n) is 5.52. The van der Waals surface area contributed by atoms with Gasteiger partial charge in [-0.15, -0.1) is 0 Å². The average Bonchev–Trinajstić information content (AvgIpc) is 2.70. The number of nitrogens with zero attached hydrogens (tertiary/aromatic N) is 2. The molecule has 0 radical (unpaired) electrons. The van der Waals surface area contributed by atoms with Gasteiger partial charge in [-0.05, 0) is 31.7 Å². The Morgan fingerprint density at radius 1 is 1.39 bits per heavy atom. The number of nitriles is 1. The zero-order chi connectivity index (χ0) is 13.2. The predicted octanol–water partition coefficient (Wildman–Crippen LogP) is 0.128. The summed E-state index contributed by atoms with van der Waals surface area (Å²) in [4.78, 5) is 2.18. The second-order valence-corrected chi connectivity index (χ2v) is 7.83. The molecule has 1 saturated heterocycles. The van der Waals surface area contributed by atoms with Crippen molar-refractivity contribution in [2.24, 2.45) is 11.7 Å². The molecule has 1 heterocycles. The number of hydrogen-bond donors (Lipinski definition) is 1. The summed E-state index contributed by atoms with van der Waals surface area (Å²) in [6.07, 6.45) is 3.76. The Morgan fingerprint density at radius 3 is 2.67 bits per heavy atom. The van der Waals surface area contributed by atoms with Gasteiger partial charge in [0.05, 0.1) is 17.6 Å². The standard InChI is InChI=1S/C12H21N3O2S/c13-10-12(14)4-1-2-11(12)3-5-15-6-8-18(16,17)9-7-15/h11H,1-9,14H2. The quantitative estimate of drug-likeness (QED) is 0.788. The Kier molecular flexibility index (Phi) is 3.95. The van der Waals surface area contributed by atoms with E-state index in [2.05, 4.69) is 11.0 Å². The fourth-order valence-corrected chi connectivity index (χ4v) is 4.24. The lowest BCUT2D eigenvalue weighted by Crippen LogP contribution is -2.45. The van der Waals surface area contributed by atoms with Gasteiger partial charge in [-0.25, -0.2) is 8.42 Å². The minimum atomic E-state index is -2.80. The monoisotopic (exact) mass is 271 g/mol. The van der Waals surface area contributed by atoms with Crippen LogP contribution in [0.15, 0.2) is 0 Å². The largest absolute Gasteiger partial charge is 0.313 e. The van der Waals surface area contributed by atoms with Crippen LogP contribution in [0.3, 0.4) is 0 Å². The van der Waals surface area contributed by atoms with Gasteiger partial charge in [-0.2, -0.15) is 5.26 Å². The summed E-state index contributed by atoms with van der Waals surface area (Å²) in [5.74, 6) is 0.800. The summed E-state index contributed by atoms with van der Waals surface area (Å²) in [6, 6.07) is 2.25. The Labute approximate surface area is 109 Å². The first kappa shape index (κ1) is 13.8. The molecule has 18 heavy (non-hydrogen) atoms. The Balaban J connectivity index is 1.81. The zero-order valence-corrected chi connectivity index (χ0v) is 11.5. The van der Waals surface area contributed by atoms with Gasteiger partial charge in [0.25, 0.3) is 0 Å². The number of hydrogen-bond acceptors (Lipinski definition) is 5. The fourth-order valence-electron chi connectivity index (χ4n) is 2.96. The van der Waals surface area contributed by atoms with E-state index in [1.54, 1.807) is 0 Å². The summed E-state index contributed by atoms with van der Waals surface area (Å²) in [7, 11) is -2.80. The fraction of sp³-hybridized carbons (Fsp3) is 0.917. The molecule has 0 bridgehead atoms. The van der Waals surface area contributed by atoms with Gasteiger partial charge in [0.2, 0.25) is 0 Å². The molecule has 0 aromatic heterocycles. The van der Waals surface area contributed by atoms with Crippen molar-refractivity contribution in [3.05, 3.63) is 0 Å². The molecule has 0 amide bonds. The van der Waals surface area contributed by atoms with E-state index in [9.17, 15) is 8.42 Å². The zero-order valence-electron chi connectivity index (χ0n) is 10.6. The molecule has 1 aliphatic carbocycles. The van der Waals surface area contributed by atoms with Gasteiger partial charge in [-0.1, -0.05) is 6.42 Å². The van der Waals surface area contributed by atoms with E-state index < -0.39 is 15.4 Å². The van der Waals surface area contributed by atoms with Crippen LogP contribution in [0.4, 0.5) is 0 Å². The smallest absolute Gasteiger partial charge is 0.152 e. The lowest BCUT2D eigenvalue weighted by atomic mass is 9.87. The first-order chi connectivity index (χ1) is 8.45. The number of nitrogens with two attached hydrogens (primary N) is 1. The maximum absolute atomic E-state index is 11.3. The van der Waals surface area contributed by atoms with Gasteiger partial charge >= 0.3 is 0 Å². The van der Waals surface area contributed by atoms with E-state index in [1.165, 1.54) is 0 Å². The van der Waals surface area contributed by atoms with E-state index >= 15 is 0 Å². The topological polar surface area (TPSA) is 87.2 Å². The van der Waals surface area contributed by atoms with E-state index in [4.69, 9.17) is 11.0 Å². The summed E-state index contributed by atoms with van der Waals surface area (Å²) in [6.45, 7) is 2.11. The SMILES string of the molecule is N#CC1(N)CCCC1CCN1CCS(=O)(=O)CC1. The van der Waals surface area contributed by atoms with Crippen LogP contribution in [-0.2, 0) is 9.84 Å². The highest BCUT2D eigenvalue weighted by Crippen LogP contribution is 2.35. The first-order valence-electron chi connectivity index (χ1n) is 6.58. The highest BCUT2D eigenvalue weighted by molar-refractivity contribution is 7.91. The van der Waals surface area contributed by atoms with Gasteiger partial charge < -0.3 is 10.6 Å². The van der Waals surface area contributed by atoms with Gasteiger partial charge in [0.1, 0.15) is 5.54 Å². The van der Waals surface area contributed by atoms with Crippen molar-refractivity contribution < 1.29 is 8.42 Å². The molecule has 0 aromatic rings. The molecule has 5 nitrogen and oxygen atoms in total. The first-order valence-corrected chi connectivity index (χ1v) is 8.40. The van der Waals surface area contributed by atoms with Gasteiger partial charge in [0.15, 0.2) is 9.84 Å². The van der Waals surface area contributed by atoms with Crippen molar-refractivity contribution in [1.82, 2.24) is 4.90 Å². The highest BCUT2D eigenvalue weighted by atomic mass is 32.2. The molecule has 2 unspecified atom stereocenters. The third-order valence-electron chi connectivity index (χ3n) is 4.31. The third kappa shape index (κ3) is 3.02. The van der Waals surface area contributed by atoms with E-state index in [0.717, 1.165) is 32.2 Å². The molecule has 0 aromatic carbocycles. The molecular formula is C12H21N3O2S. The van der Waals surface area contributed by atoms with Gasteiger partial charge in [-0.3, -0.25) is 0 Å². The molecule has 2 N–H and O–H groups in total. The summed E-state index contributed by atoms with van der Waals surface area (Å²) >= 11 is 0. The molecule has 0 spiro atoms. The van der Waals surface area contributed by atoms with Crippen LogP contribution >= 0.6 is 0 Å². The third-order valence-corrected chi connectivity index (χ3v) is 5.92. The Hall–Kier alpha value is -0.640. The van der Waals surface area contributed by atoms with Crippen LogP contribution < -0.4 is 5.73 Å². The van der Waals surface area contributed by atoms with Crippen LogP contribution in [0.1, 0.15) is 25.7 Å². The molecule has 2 atom stereocenters. The van der Waals surface area contributed by atoms with E-state index in [-0.39, 0.29) is 17.4 Å².